The summed E-state index contributed by atoms with van der Waals surface area (Å²) in [6.45, 7) is 3.31. The number of rotatable bonds is 4. The third-order valence-electron chi connectivity index (χ3n) is 3.39. The lowest BCUT2D eigenvalue weighted by atomic mass is 10.1. The van der Waals surface area contributed by atoms with Crippen LogP contribution in [-0.2, 0) is 13.1 Å². The maximum Gasteiger partial charge on any atom is 0.258 e. The SMILES string of the molecule is Cc1ccncc1CNCc1cc(=O)n2ccccc2n1. The molecule has 0 aliphatic heterocycles. The number of pyridine rings is 2. The fourth-order valence-electron chi connectivity index (χ4n) is 2.20. The predicted molar refractivity (Wildman–Crippen MR) is 81.0 cm³/mol. The monoisotopic (exact) mass is 280 g/mol. The van der Waals surface area contributed by atoms with E-state index in [2.05, 4.69) is 22.2 Å². The number of hydrogen-bond donors (Lipinski definition) is 1. The fraction of sp³-hybridized carbons (Fsp3) is 0.188. The Bertz CT molecular complexity index is 826. The summed E-state index contributed by atoms with van der Waals surface area (Å²) in [5, 5.41) is 3.30. The Morgan fingerprint density at radius 3 is 3.00 bits per heavy atom. The number of hydrogen-bond acceptors (Lipinski definition) is 4. The molecule has 5 heteroatoms. The minimum atomic E-state index is -0.0602. The van der Waals surface area contributed by atoms with Gasteiger partial charge in [0.25, 0.3) is 5.56 Å². The summed E-state index contributed by atoms with van der Waals surface area (Å²) in [7, 11) is 0. The molecule has 3 rings (SSSR count). The topological polar surface area (TPSA) is 59.3 Å². The zero-order valence-electron chi connectivity index (χ0n) is 11.8. The second-order valence-corrected chi connectivity index (χ2v) is 4.92. The number of nitrogens with zero attached hydrogens (tertiary/aromatic N) is 3. The summed E-state index contributed by atoms with van der Waals surface area (Å²) < 4.78 is 1.54. The van der Waals surface area contributed by atoms with Crippen molar-refractivity contribution < 1.29 is 0 Å². The van der Waals surface area contributed by atoms with Gasteiger partial charge in [-0.05, 0) is 36.2 Å². The molecule has 0 radical (unpaired) electrons. The molecule has 0 saturated carbocycles. The molecule has 21 heavy (non-hydrogen) atoms. The second-order valence-electron chi connectivity index (χ2n) is 4.92. The Hall–Kier alpha value is -2.53. The van der Waals surface area contributed by atoms with Gasteiger partial charge in [0.2, 0.25) is 0 Å². The first-order chi connectivity index (χ1) is 10.2. The van der Waals surface area contributed by atoms with Gasteiger partial charge < -0.3 is 5.32 Å². The minimum Gasteiger partial charge on any atom is -0.307 e. The predicted octanol–water partition coefficient (Wildman–Crippen LogP) is 1.69. The van der Waals surface area contributed by atoms with Crippen LogP contribution < -0.4 is 10.9 Å². The zero-order valence-corrected chi connectivity index (χ0v) is 11.8. The Kier molecular flexibility index (Phi) is 3.75. The van der Waals surface area contributed by atoms with Crippen molar-refractivity contribution in [2.75, 3.05) is 0 Å². The maximum atomic E-state index is 12.0. The van der Waals surface area contributed by atoms with E-state index < -0.39 is 0 Å². The highest BCUT2D eigenvalue weighted by atomic mass is 16.1. The molecule has 0 aromatic carbocycles. The van der Waals surface area contributed by atoms with E-state index in [0.717, 1.165) is 11.3 Å². The molecule has 0 atom stereocenters. The molecule has 0 unspecified atom stereocenters. The number of nitrogens with one attached hydrogen (secondary N) is 1. The van der Waals surface area contributed by atoms with Crippen molar-refractivity contribution in [1.82, 2.24) is 19.7 Å². The normalized spacial score (nSPS) is 10.9. The second kappa shape index (κ2) is 5.85. The first kappa shape index (κ1) is 13.5. The van der Waals surface area contributed by atoms with Gasteiger partial charge in [-0.15, -0.1) is 0 Å². The third-order valence-corrected chi connectivity index (χ3v) is 3.39. The van der Waals surface area contributed by atoms with Gasteiger partial charge in [-0.1, -0.05) is 6.07 Å². The van der Waals surface area contributed by atoms with Crippen molar-refractivity contribution in [1.29, 1.82) is 0 Å². The van der Waals surface area contributed by atoms with Crippen LogP contribution in [0.2, 0.25) is 0 Å². The molecule has 106 valence electrons. The quantitative estimate of drug-likeness (QED) is 0.790. The standard InChI is InChI=1S/C16H16N4O/c1-12-5-6-17-9-13(12)10-18-11-14-8-16(21)20-7-3-2-4-15(20)19-14/h2-9,18H,10-11H2,1H3. The van der Waals surface area contributed by atoms with Crippen molar-refractivity contribution in [3.8, 4) is 0 Å². The Balaban J connectivity index is 1.74. The Labute approximate surface area is 122 Å². The van der Waals surface area contributed by atoms with Gasteiger partial charge >= 0.3 is 0 Å². The molecule has 1 N–H and O–H groups in total. The Morgan fingerprint density at radius 2 is 2.14 bits per heavy atom. The molecule has 0 aliphatic rings. The minimum absolute atomic E-state index is 0.0602. The van der Waals surface area contributed by atoms with Crippen LogP contribution in [0.5, 0.6) is 0 Å². The lowest BCUT2D eigenvalue weighted by Gasteiger charge is -2.07. The van der Waals surface area contributed by atoms with Crippen LogP contribution in [0, 0.1) is 6.92 Å². The van der Waals surface area contributed by atoms with Crippen molar-refractivity contribution in [3.63, 3.8) is 0 Å². The van der Waals surface area contributed by atoms with Crippen molar-refractivity contribution in [2.45, 2.75) is 20.0 Å². The van der Waals surface area contributed by atoms with Gasteiger partial charge in [-0.3, -0.25) is 14.2 Å². The van der Waals surface area contributed by atoms with Crippen LogP contribution in [0.15, 0.2) is 53.7 Å². The lowest BCUT2D eigenvalue weighted by Crippen LogP contribution is -2.20. The van der Waals surface area contributed by atoms with Gasteiger partial charge in [0.1, 0.15) is 5.65 Å². The summed E-state index contributed by atoms with van der Waals surface area (Å²) in [6.07, 6.45) is 5.36. The van der Waals surface area contributed by atoms with Crippen molar-refractivity contribution >= 4 is 5.65 Å². The first-order valence-corrected chi connectivity index (χ1v) is 6.81. The van der Waals surface area contributed by atoms with E-state index in [-0.39, 0.29) is 5.56 Å². The van der Waals surface area contributed by atoms with Crippen molar-refractivity contribution in [3.05, 3.63) is 76.1 Å². The van der Waals surface area contributed by atoms with E-state index >= 15 is 0 Å². The van der Waals surface area contributed by atoms with E-state index in [0.29, 0.717) is 18.7 Å². The molecular formula is C16H16N4O. The largest absolute Gasteiger partial charge is 0.307 e. The molecule has 0 bridgehead atoms. The molecule has 0 saturated heterocycles. The molecule has 0 spiro atoms. The van der Waals surface area contributed by atoms with E-state index in [1.54, 1.807) is 18.5 Å². The van der Waals surface area contributed by atoms with Crippen LogP contribution in [-0.4, -0.2) is 14.4 Å². The smallest absolute Gasteiger partial charge is 0.258 e. The van der Waals surface area contributed by atoms with Gasteiger partial charge in [0.15, 0.2) is 0 Å². The summed E-state index contributed by atoms with van der Waals surface area (Å²) in [5.41, 5.74) is 3.70. The molecular weight excluding hydrogens is 264 g/mol. The average Bonchev–Trinajstić information content (AvgIpc) is 2.49. The lowest BCUT2D eigenvalue weighted by molar-refractivity contribution is 0.674. The maximum absolute atomic E-state index is 12.0. The zero-order chi connectivity index (χ0) is 14.7. The van der Waals surface area contributed by atoms with E-state index in [1.165, 1.54) is 9.96 Å². The summed E-state index contributed by atoms with van der Waals surface area (Å²) in [5.74, 6) is 0. The van der Waals surface area contributed by atoms with E-state index in [1.807, 2.05) is 30.5 Å². The molecule has 0 fully saturated rings. The summed E-state index contributed by atoms with van der Waals surface area (Å²) >= 11 is 0. The van der Waals surface area contributed by atoms with Crippen molar-refractivity contribution in [2.24, 2.45) is 0 Å². The van der Waals surface area contributed by atoms with Crippen LogP contribution in [0.4, 0.5) is 0 Å². The van der Waals surface area contributed by atoms with Gasteiger partial charge in [-0.2, -0.15) is 0 Å². The Morgan fingerprint density at radius 1 is 1.24 bits per heavy atom. The van der Waals surface area contributed by atoms with Gasteiger partial charge in [-0.25, -0.2) is 4.98 Å². The third kappa shape index (κ3) is 2.98. The first-order valence-electron chi connectivity index (χ1n) is 6.81. The van der Waals surface area contributed by atoms with Gasteiger partial charge in [0.05, 0.1) is 5.69 Å². The van der Waals surface area contributed by atoms with Crippen LogP contribution in [0.3, 0.4) is 0 Å². The number of aromatic nitrogens is 3. The van der Waals surface area contributed by atoms with Gasteiger partial charge in [0, 0.05) is 37.7 Å². The van der Waals surface area contributed by atoms with E-state index in [9.17, 15) is 4.79 Å². The molecule has 0 amide bonds. The highest BCUT2D eigenvalue weighted by Crippen LogP contribution is 2.05. The van der Waals surface area contributed by atoms with Crippen LogP contribution in [0.1, 0.15) is 16.8 Å². The fourth-order valence-corrected chi connectivity index (χ4v) is 2.20. The van der Waals surface area contributed by atoms with E-state index in [4.69, 9.17) is 0 Å². The summed E-state index contributed by atoms with van der Waals surface area (Å²) in [4.78, 5) is 20.6. The molecule has 5 nitrogen and oxygen atoms in total. The highest BCUT2D eigenvalue weighted by Gasteiger charge is 2.02. The molecule has 3 aromatic rings. The number of aryl methyl sites for hydroxylation is 1. The average molecular weight is 280 g/mol. The van der Waals surface area contributed by atoms with Crippen LogP contribution >= 0.6 is 0 Å². The van der Waals surface area contributed by atoms with Crippen LogP contribution in [0.25, 0.3) is 5.65 Å². The highest BCUT2D eigenvalue weighted by molar-refractivity contribution is 5.38. The summed E-state index contributed by atoms with van der Waals surface area (Å²) in [6, 6.07) is 9.07. The molecule has 3 heterocycles. The molecule has 3 aromatic heterocycles. The number of fused-ring (bicyclic) bond motifs is 1. The molecule has 0 aliphatic carbocycles.